The van der Waals surface area contributed by atoms with Gasteiger partial charge in [-0.25, -0.2) is 0 Å². The highest BCUT2D eigenvalue weighted by Crippen LogP contribution is 2.13. The highest BCUT2D eigenvalue weighted by molar-refractivity contribution is 5.71. The molecule has 0 aromatic heterocycles. The zero-order valence-corrected chi connectivity index (χ0v) is 41.7. The van der Waals surface area contributed by atoms with Gasteiger partial charge in [-0.3, -0.25) is 14.4 Å². The molecular weight excluding hydrogens is 805 g/mol. The first-order valence-electron chi connectivity index (χ1n) is 26.0. The van der Waals surface area contributed by atoms with Gasteiger partial charge in [0.25, 0.3) is 0 Å². The molecule has 0 N–H and O–H groups in total. The maximum absolute atomic E-state index is 12.8. The van der Waals surface area contributed by atoms with E-state index in [-0.39, 0.29) is 37.5 Å². The Hall–Kier alpha value is -4.19. The molecule has 0 aliphatic heterocycles. The van der Waals surface area contributed by atoms with Crippen molar-refractivity contribution in [2.75, 3.05) is 13.2 Å². The average molecular weight is 899 g/mol. The summed E-state index contributed by atoms with van der Waals surface area (Å²) in [6, 6.07) is 0. The van der Waals surface area contributed by atoms with Gasteiger partial charge in [-0.15, -0.1) is 0 Å². The lowest BCUT2D eigenvalue weighted by Crippen LogP contribution is -2.30. The third kappa shape index (κ3) is 50.7. The first-order valence-corrected chi connectivity index (χ1v) is 26.0. The molecule has 1 atom stereocenters. The highest BCUT2D eigenvalue weighted by Gasteiger charge is 2.19. The Morgan fingerprint density at radius 3 is 0.923 bits per heavy atom. The van der Waals surface area contributed by atoms with Crippen LogP contribution in [0.25, 0.3) is 0 Å². The predicted molar refractivity (Wildman–Crippen MR) is 279 cm³/mol. The maximum Gasteiger partial charge on any atom is 0.306 e. The van der Waals surface area contributed by atoms with E-state index in [9.17, 15) is 14.4 Å². The van der Waals surface area contributed by atoms with E-state index < -0.39 is 6.10 Å². The van der Waals surface area contributed by atoms with E-state index in [2.05, 4.69) is 142 Å². The zero-order chi connectivity index (χ0) is 47.2. The fourth-order valence-corrected chi connectivity index (χ4v) is 6.65. The Morgan fingerprint density at radius 1 is 0.308 bits per heavy atom. The van der Waals surface area contributed by atoms with Gasteiger partial charge >= 0.3 is 17.9 Å². The quantitative estimate of drug-likeness (QED) is 0.0262. The summed E-state index contributed by atoms with van der Waals surface area (Å²) in [5, 5.41) is 0. The molecule has 0 spiro atoms. The first-order chi connectivity index (χ1) is 32.0. The molecule has 0 heterocycles. The maximum atomic E-state index is 12.8. The van der Waals surface area contributed by atoms with Gasteiger partial charge in [-0.05, 0) is 116 Å². The van der Waals surface area contributed by atoms with Crippen molar-refractivity contribution in [2.24, 2.45) is 0 Å². The minimum atomic E-state index is -0.814. The molecule has 0 radical (unpaired) electrons. The SMILES string of the molecule is CC/C=C\C/C=C\C/C=C\C/C=C\C/C=C\CCCC(=O)OCC(COC(=O)CCCCCCCCC/C=C\C/C=C\CC)OC(=O)CCCCCCCC/C=C\C/C=C\C/C=C\CC. The average Bonchev–Trinajstić information content (AvgIpc) is 3.30. The lowest BCUT2D eigenvalue weighted by atomic mass is 10.1. The molecule has 1 unspecified atom stereocenters. The molecule has 0 fully saturated rings. The number of carbonyl (C=O) groups excluding carboxylic acids is 3. The van der Waals surface area contributed by atoms with Gasteiger partial charge in [0, 0.05) is 19.3 Å². The van der Waals surface area contributed by atoms with Gasteiger partial charge < -0.3 is 14.2 Å². The van der Waals surface area contributed by atoms with Crippen LogP contribution in [0.1, 0.15) is 213 Å². The van der Waals surface area contributed by atoms with Crippen LogP contribution in [0.15, 0.2) is 122 Å². The van der Waals surface area contributed by atoms with Crippen molar-refractivity contribution in [3.8, 4) is 0 Å². The lowest BCUT2D eigenvalue weighted by molar-refractivity contribution is -0.167. The second-order valence-corrected chi connectivity index (χ2v) is 16.6. The van der Waals surface area contributed by atoms with Gasteiger partial charge in [0.15, 0.2) is 6.10 Å². The Balaban J connectivity index is 4.53. The molecule has 0 saturated carbocycles. The Labute approximate surface area is 399 Å². The first kappa shape index (κ1) is 60.8. The van der Waals surface area contributed by atoms with Crippen LogP contribution in [0.5, 0.6) is 0 Å². The number of esters is 3. The minimum Gasteiger partial charge on any atom is -0.462 e. The highest BCUT2D eigenvalue weighted by atomic mass is 16.6. The third-order valence-corrected chi connectivity index (χ3v) is 10.4. The van der Waals surface area contributed by atoms with E-state index in [0.717, 1.165) is 128 Å². The van der Waals surface area contributed by atoms with Crippen LogP contribution in [-0.2, 0) is 28.6 Å². The molecular formula is C59H94O6. The van der Waals surface area contributed by atoms with Crippen molar-refractivity contribution in [3.05, 3.63) is 122 Å². The van der Waals surface area contributed by atoms with E-state index in [1.54, 1.807) is 0 Å². The number of carbonyl (C=O) groups is 3. The summed E-state index contributed by atoms with van der Waals surface area (Å²) in [6.07, 6.45) is 71.8. The summed E-state index contributed by atoms with van der Waals surface area (Å²) in [5.74, 6) is -0.997. The number of rotatable bonds is 45. The molecule has 0 bridgehead atoms. The van der Waals surface area contributed by atoms with E-state index in [1.807, 2.05) is 0 Å². The summed E-state index contributed by atoms with van der Waals surface area (Å²) < 4.78 is 16.7. The van der Waals surface area contributed by atoms with Crippen molar-refractivity contribution in [3.63, 3.8) is 0 Å². The molecule has 0 aromatic rings. The Kier molecular flexibility index (Phi) is 49.1. The number of allylic oxidation sites excluding steroid dienone is 20. The van der Waals surface area contributed by atoms with E-state index in [1.165, 1.54) is 38.5 Å². The number of unbranched alkanes of at least 4 members (excludes halogenated alkanes) is 14. The van der Waals surface area contributed by atoms with E-state index in [4.69, 9.17) is 14.2 Å². The molecule has 0 saturated heterocycles. The molecule has 65 heavy (non-hydrogen) atoms. The van der Waals surface area contributed by atoms with Crippen molar-refractivity contribution in [2.45, 2.75) is 219 Å². The van der Waals surface area contributed by atoms with Crippen LogP contribution in [0.4, 0.5) is 0 Å². The number of hydrogen-bond acceptors (Lipinski definition) is 6. The van der Waals surface area contributed by atoms with Crippen LogP contribution in [0, 0.1) is 0 Å². The normalized spacial score (nSPS) is 13.1. The topological polar surface area (TPSA) is 78.9 Å². The molecule has 0 aliphatic carbocycles. The summed E-state index contributed by atoms with van der Waals surface area (Å²) in [7, 11) is 0. The van der Waals surface area contributed by atoms with Gasteiger partial charge in [0.2, 0.25) is 0 Å². The van der Waals surface area contributed by atoms with E-state index in [0.29, 0.717) is 19.3 Å². The third-order valence-electron chi connectivity index (χ3n) is 10.4. The van der Waals surface area contributed by atoms with E-state index >= 15 is 0 Å². The molecule has 6 nitrogen and oxygen atoms in total. The largest absolute Gasteiger partial charge is 0.462 e. The predicted octanol–water partition coefficient (Wildman–Crippen LogP) is 17.3. The smallest absolute Gasteiger partial charge is 0.306 e. The second-order valence-electron chi connectivity index (χ2n) is 16.6. The molecule has 0 aromatic carbocycles. The van der Waals surface area contributed by atoms with Crippen LogP contribution in [0.3, 0.4) is 0 Å². The van der Waals surface area contributed by atoms with Crippen LogP contribution in [0.2, 0.25) is 0 Å². The summed E-state index contributed by atoms with van der Waals surface area (Å²) >= 11 is 0. The molecule has 6 heteroatoms. The Morgan fingerprint density at radius 2 is 0.569 bits per heavy atom. The van der Waals surface area contributed by atoms with Crippen LogP contribution >= 0.6 is 0 Å². The minimum absolute atomic E-state index is 0.109. The number of ether oxygens (including phenoxy) is 3. The fraction of sp³-hybridized carbons (Fsp3) is 0.610. The summed E-state index contributed by atoms with van der Waals surface area (Å²) in [6.45, 7) is 6.22. The van der Waals surface area contributed by atoms with Crippen molar-refractivity contribution >= 4 is 17.9 Å². The zero-order valence-electron chi connectivity index (χ0n) is 41.7. The number of hydrogen-bond donors (Lipinski definition) is 0. The Bertz CT molecular complexity index is 1400. The van der Waals surface area contributed by atoms with Gasteiger partial charge in [0.1, 0.15) is 13.2 Å². The second kappa shape index (κ2) is 52.4. The van der Waals surface area contributed by atoms with Crippen molar-refractivity contribution in [1.82, 2.24) is 0 Å². The van der Waals surface area contributed by atoms with Crippen molar-refractivity contribution in [1.29, 1.82) is 0 Å². The lowest BCUT2D eigenvalue weighted by Gasteiger charge is -2.18. The van der Waals surface area contributed by atoms with Gasteiger partial charge in [-0.1, -0.05) is 200 Å². The van der Waals surface area contributed by atoms with Crippen LogP contribution < -0.4 is 0 Å². The fourth-order valence-electron chi connectivity index (χ4n) is 6.65. The standard InChI is InChI=1S/C59H94O6/c1-4-7-10-13-16-19-22-25-28-30-32-34-37-40-43-46-49-52-58(61)64-55-56(54-63-57(60)51-48-45-42-39-36-33-27-24-21-18-15-12-9-6-3)65-59(62)53-50-47-44-41-38-35-31-29-26-23-20-17-14-11-8-5-2/h7-12,16-21,25-26,28-29,32,34,40,43,56H,4-6,13-15,22-24,27,30-31,33,35-39,41-42,44-55H2,1-3H3/b10-7-,11-8-,12-9-,19-16-,20-17-,21-18-,28-25-,29-26-,34-32-,43-40-. The molecule has 0 aliphatic rings. The molecule has 0 amide bonds. The molecule has 0 rings (SSSR count). The monoisotopic (exact) mass is 899 g/mol. The summed E-state index contributed by atoms with van der Waals surface area (Å²) in [4.78, 5) is 38.0. The van der Waals surface area contributed by atoms with Gasteiger partial charge in [0.05, 0.1) is 0 Å². The van der Waals surface area contributed by atoms with Crippen molar-refractivity contribution < 1.29 is 28.6 Å². The summed E-state index contributed by atoms with van der Waals surface area (Å²) in [5.41, 5.74) is 0. The molecule has 366 valence electrons. The van der Waals surface area contributed by atoms with Gasteiger partial charge in [-0.2, -0.15) is 0 Å². The van der Waals surface area contributed by atoms with Crippen LogP contribution in [-0.4, -0.2) is 37.2 Å².